The number of carbonyl (C=O) groups is 1. The molecule has 2 aromatic carbocycles. The molecule has 2 aromatic rings. The molecule has 1 amide bonds. The van der Waals surface area contributed by atoms with Crippen molar-refractivity contribution < 1.29 is 4.79 Å². The minimum atomic E-state index is -0.131. The highest BCUT2D eigenvalue weighted by atomic mass is 16.1. The Hall–Kier alpha value is -2.49. The van der Waals surface area contributed by atoms with Gasteiger partial charge >= 0.3 is 0 Å². The fourth-order valence-electron chi connectivity index (χ4n) is 2.62. The Bertz CT molecular complexity index is 648. The average Bonchev–Trinajstić information content (AvgIpc) is 3.04. The van der Waals surface area contributed by atoms with Gasteiger partial charge in [0, 0.05) is 24.3 Å². The summed E-state index contributed by atoms with van der Waals surface area (Å²) < 4.78 is 0. The molecule has 4 heteroatoms. The van der Waals surface area contributed by atoms with Crippen molar-refractivity contribution in [1.29, 1.82) is 0 Å². The number of anilines is 3. The van der Waals surface area contributed by atoms with Gasteiger partial charge in [0.15, 0.2) is 0 Å². The molecule has 1 aliphatic rings. The molecular formula is C17H19N3O. The van der Waals surface area contributed by atoms with Crippen LogP contribution in [0.4, 0.5) is 17.1 Å². The second-order valence-corrected chi connectivity index (χ2v) is 5.29. The average molecular weight is 281 g/mol. The molecule has 4 nitrogen and oxygen atoms in total. The first-order valence-corrected chi connectivity index (χ1v) is 7.25. The van der Waals surface area contributed by atoms with Gasteiger partial charge in [-0.1, -0.05) is 18.2 Å². The van der Waals surface area contributed by atoms with Gasteiger partial charge in [-0.25, -0.2) is 0 Å². The molecule has 0 bridgehead atoms. The fraction of sp³-hybridized carbons (Fsp3) is 0.235. The van der Waals surface area contributed by atoms with Crippen molar-refractivity contribution in [3.63, 3.8) is 0 Å². The van der Waals surface area contributed by atoms with Crippen molar-refractivity contribution in [3.8, 4) is 0 Å². The predicted molar refractivity (Wildman–Crippen MR) is 86.7 cm³/mol. The molecule has 1 saturated heterocycles. The molecule has 108 valence electrons. The van der Waals surface area contributed by atoms with E-state index in [1.54, 1.807) is 12.1 Å². The number of hydrogen-bond donors (Lipinski definition) is 2. The molecule has 1 heterocycles. The lowest BCUT2D eigenvalue weighted by Crippen LogP contribution is -2.19. The summed E-state index contributed by atoms with van der Waals surface area (Å²) >= 11 is 0. The Morgan fingerprint density at radius 1 is 1.05 bits per heavy atom. The second kappa shape index (κ2) is 5.87. The molecule has 0 radical (unpaired) electrons. The number of hydrogen-bond acceptors (Lipinski definition) is 3. The fourth-order valence-corrected chi connectivity index (χ4v) is 2.62. The zero-order chi connectivity index (χ0) is 14.7. The van der Waals surface area contributed by atoms with E-state index in [0.29, 0.717) is 16.9 Å². The molecule has 0 spiro atoms. The summed E-state index contributed by atoms with van der Waals surface area (Å²) in [4.78, 5) is 14.7. The van der Waals surface area contributed by atoms with Gasteiger partial charge in [0.2, 0.25) is 0 Å². The van der Waals surface area contributed by atoms with E-state index >= 15 is 0 Å². The number of nitrogens with zero attached hydrogens (tertiary/aromatic N) is 1. The maximum atomic E-state index is 12.3. The van der Waals surface area contributed by atoms with E-state index in [-0.39, 0.29) is 5.91 Å². The minimum Gasteiger partial charge on any atom is -0.397 e. The molecule has 0 saturated carbocycles. The van der Waals surface area contributed by atoms with E-state index in [1.807, 2.05) is 30.3 Å². The standard InChI is InChI=1S/C17H19N3O/c18-15-8-1-2-9-16(15)19-17(21)13-6-5-7-14(12-13)20-10-3-4-11-20/h1-2,5-9,12H,3-4,10-11,18H2,(H,19,21). The smallest absolute Gasteiger partial charge is 0.255 e. The molecule has 0 aliphatic carbocycles. The normalized spacial score (nSPS) is 14.2. The Labute approximate surface area is 124 Å². The van der Waals surface area contributed by atoms with E-state index in [0.717, 1.165) is 18.8 Å². The zero-order valence-electron chi connectivity index (χ0n) is 11.9. The van der Waals surface area contributed by atoms with E-state index in [4.69, 9.17) is 5.73 Å². The van der Waals surface area contributed by atoms with Crippen LogP contribution in [0.15, 0.2) is 48.5 Å². The molecule has 21 heavy (non-hydrogen) atoms. The van der Waals surface area contributed by atoms with Gasteiger partial charge in [-0.05, 0) is 43.2 Å². The highest BCUT2D eigenvalue weighted by molar-refractivity contribution is 6.06. The highest BCUT2D eigenvalue weighted by Crippen LogP contribution is 2.22. The molecule has 0 unspecified atom stereocenters. The van der Waals surface area contributed by atoms with Crippen LogP contribution in [0.5, 0.6) is 0 Å². The third kappa shape index (κ3) is 2.99. The number of rotatable bonds is 3. The summed E-state index contributed by atoms with van der Waals surface area (Å²) in [7, 11) is 0. The first kappa shape index (κ1) is 13.5. The monoisotopic (exact) mass is 281 g/mol. The lowest BCUT2D eigenvalue weighted by atomic mass is 10.1. The second-order valence-electron chi connectivity index (χ2n) is 5.29. The van der Waals surface area contributed by atoms with Gasteiger partial charge in [-0.15, -0.1) is 0 Å². The van der Waals surface area contributed by atoms with Crippen LogP contribution in [0.1, 0.15) is 23.2 Å². The first-order valence-electron chi connectivity index (χ1n) is 7.25. The Kier molecular flexibility index (Phi) is 3.77. The van der Waals surface area contributed by atoms with Crippen molar-refractivity contribution in [2.75, 3.05) is 29.0 Å². The highest BCUT2D eigenvalue weighted by Gasteiger charge is 2.14. The van der Waals surface area contributed by atoms with E-state index in [1.165, 1.54) is 12.8 Å². The van der Waals surface area contributed by atoms with E-state index in [9.17, 15) is 4.79 Å². The summed E-state index contributed by atoms with van der Waals surface area (Å²) in [6.07, 6.45) is 2.44. The molecule has 3 N–H and O–H groups in total. The Morgan fingerprint density at radius 3 is 2.57 bits per heavy atom. The summed E-state index contributed by atoms with van der Waals surface area (Å²) in [6, 6.07) is 15.0. The SMILES string of the molecule is Nc1ccccc1NC(=O)c1cccc(N2CCCC2)c1. The first-order chi connectivity index (χ1) is 10.2. The van der Waals surface area contributed by atoms with Crippen molar-refractivity contribution in [1.82, 2.24) is 0 Å². The number of nitrogens with one attached hydrogen (secondary N) is 1. The molecule has 0 aromatic heterocycles. The van der Waals surface area contributed by atoms with Gasteiger partial charge in [0.25, 0.3) is 5.91 Å². The van der Waals surface area contributed by atoms with Gasteiger partial charge in [-0.2, -0.15) is 0 Å². The Morgan fingerprint density at radius 2 is 1.81 bits per heavy atom. The Balaban J connectivity index is 1.78. The summed E-state index contributed by atoms with van der Waals surface area (Å²) in [5.41, 5.74) is 8.84. The third-order valence-corrected chi connectivity index (χ3v) is 3.79. The van der Waals surface area contributed by atoms with Crippen molar-refractivity contribution in [2.45, 2.75) is 12.8 Å². The van der Waals surface area contributed by atoms with Gasteiger partial charge in [0.05, 0.1) is 11.4 Å². The topological polar surface area (TPSA) is 58.4 Å². The van der Waals surface area contributed by atoms with Crippen LogP contribution in [0.25, 0.3) is 0 Å². The molecular weight excluding hydrogens is 262 g/mol. The van der Waals surface area contributed by atoms with Crippen LogP contribution in [-0.4, -0.2) is 19.0 Å². The van der Waals surface area contributed by atoms with Crippen LogP contribution >= 0.6 is 0 Å². The largest absolute Gasteiger partial charge is 0.397 e. The quantitative estimate of drug-likeness (QED) is 0.850. The van der Waals surface area contributed by atoms with Crippen LogP contribution in [0.2, 0.25) is 0 Å². The van der Waals surface area contributed by atoms with Gasteiger partial charge in [-0.3, -0.25) is 4.79 Å². The lowest BCUT2D eigenvalue weighted by molar-refractivity contribution is 0.102. The van der Waals surface area contributed by atoms with Gasteiger partial charge < -0.3 is 16.0 Å². The van der Waals surface area contributed by atoms with E-state index < -0.39 is 0 Å². The number of para-hydroxylation sites is 2. The van der Waals surface area contributed by atoms with Crippen molar-refractivity contribution in [2.24, 2.45) is 0 Å². The van der Waals surface area contributed by atoms with Crippen LogP contribution < -0.4 is 16.0 Å². The minimum absolute atomic E-state index is 0.131. The number of benzene rings is 2. The van der Waals surface area contributed by atoms with Crippen LogP contribution in [-0.2, 0) is 0 Å². The number of nitrogens with two attached hydrogens (primary N) is 1. The van der Waals surface area contributed by atoms with Gasteiger partial charge in [0.1, 0.15) is 0 Å². The third-order valence-electron chi connectivity index (χ3n) is 3.79. The molecule has 3 rings (SSSR count). The van der Waals surface area contributed by atoms with Crippen LogP contribution in [0, 0.1) is 0 Å². The number of amides is 1. The summed E-state index contributed by atoms with van der Waals surface area (Å²) in [6.45, 7) is 2.13. The number of nitrogen functional groups attached to an aromatic ring is 1. The lowest BCUT2D eigenvalue weighted by Gasteiger charge is -2.18. The van der Waals surface area contributed by atoms with E-state index in [2.05, 4.69) is 16.3 Å². The molecule has 0 atom stereocenters. The molecule has 1 aliphatic heterocycles. The van der Waals surface area contributed by atoms with Crippen LogP contribution in [0.3, 0.4) is 0 Å². The predicted octanol–water partition coefficient (Wildman–Crippen LogP) is 3.12. The zero-order valence-corrected chi connectivity index (χ0v) is 11.9. The summed E-state index contributed by atoms with van der Waals surface area (Å²) in [5.74, 6) is -0.131. The summed E-state index contributed by atoms with van der Waals surface area (Å²) in [5, 5.41) is 2.86. The number of carbonyl (C=O) groups excluding carboxylic acids is 1. The molecule has 1 fully saturated rings. The van der Waals surface area contributed by atoms with Crippen molar-refractivity contribution >= 4 is 23.0 Å². The van der Waals surface area contributed by atoms with Crippen molar-refractivity contribution in [3.05, 3.63) is 54.1 Å². The maximum absolute atomic E-state index is 12.3. The maximum Gasteiger partial charge on any atom is 0.255 e.